The number of fused-ring (bicyclic) bond motifs is 3. The van der Waals surface area contributed by atoms with Gasteiger partial charge in [0.2, 0.25) is 5.95 Å². The van der Waals surface area contributed by atoms with E-state index in [9.17, 15) is 0 Å². The highest BCUT2D eigenvalue weighted by Gasteiger charge is 2.22. The van der Waals surface area contributed by atoms with E-state index < -0.39 is 0 Å². The second-order valence-electron chi connectivity index (χ2n) is 19.5. The molecule has 14 rings (SSSR count). The molecule has 14 aromatic rings. The van der Waals surface area contributed by atoms with Crippen LogP contribution < -0.4 is 0 Å². The summed E-state index contributed by atoms with van der Waals surface area (Å²) in [5.74, 6) is 1.29. The quantitative estimate of drug-likeness (QED) is 0.128. The number of benzene rings is 10. The van der Waals surface area contributed by atoms with Crippen LogP contribution in [0.25, 0.3) is 140 Å². The highest BCUT2D eigenvalue weighted by Crippen LogP contribution is 2.37. The summed E-state index contributed by atoms with van der Waals surface area (Å²) >= 11 is 0. The molecule has 0 saturated carbocycles. The smallest absolute Gasteiger partial charge is 0.236 e. The van der Waals surface area contributed by atoms with Crippen LogP contribution >= 0.6 is 0 Å². The molecule has 0 unspecified atom stereocenters. The van der Waals surface area contributed by atoms with Gasteiger partial charge in [0, 0.05) is 33.0 Å². The zero-order chi connectivity index (χ0) is 52.5. The van der Waals surface area contributed by atoms with E-state index in [4.69, 9.17) is 29.9 Å². The molecule has 0 spiro atoms. The van der Waals surface area contributed by atoms with Gasteiger partial charge in [-0.2, -0.15) is 0 Å². The van der Waals surface area contributed by atoms with E-state index in [0.29, 0.717) is 29.0 Å². The third-order valence-corrected chi connectivity index (χ3v) is 14.5. The summed E-state index contributed by atoms with van der Waals surface area (Å²) in [5.41, 5.74) is 18.5. The fourth-order valence-corrected chi connectivity index (χ4v) is 10.6. The molecular weight excluding hydrogens is 963 g/mol. The van der Waals surface area contributed by atoms with Crippen molar-refractivity contribution in [1.82, 2.24) is 34.5 Å². The lowest BCUT2D eigenvalue weighted by Crippen LogP contribution is -2.07. The van der Waals surface area contributed by atoms with Gasteiger partial charge in [-0.15, -0.1) is 0 Å². The van der Waals surface area contributed by atoms with Gasteiger partial charge in [-0.1, -0.05) is 231 Å². The van der Waals surface area contributed by atoms with Gasteiger partial charge in [0.15, 0.2) is 11.6 Å². The average Bonchev–Trinajstić information content (AvgIpc) is 4.08. The van der Waals surface area contributed by atoms with Crippen molar-refractivity contribution in [3.63, 3.8) is 0 Å². The minimum atomic E-state index is 0.427. The monoisotopic (exact) mass is 1010 g/mol. The van der Waals surface area contributed by atoms with Crippen LogP contribution in [-0.2, 0) is 0 Å². The van der Waals surface area contributed by atoms with Crippen molar-refractivity contribution in [2.24, 2.45) is 0 Å². The first-order chi connectivity index (χ1) is 39.1. The number of para-hydroxylation sites is 2. The Bertz CT molecular complexity index is 4050. The lowest BCUT2D eigenvalue weighted by Gasteiger charge is -2.14. The molecule has 0 atom stereocenters. The van der Waals surface area contributed by atoms with E-state index in [1.54, 1.807) is 0 Å². The minimum absolute atomic E-state index is 0.427. The number of rotatable bonds is 11. The van der Waals surface area contributed by atoms with Gasteiger partial charge in [0.1, 0.15) is 11.4 Å². The summed E-state index contributed by atoms with van der Waals surface area (Å²) in [6.07, 6.45) is 0. The molecule has 7 nitrogen and oxygen atoms in total. The van der Waals surface area contributed by atoms with Crippen molar-refractivity contribution >= 4 is 21.8 Å². The van der Waals surface area contributed by atoms with Gasteiger partial charge in [-0.3, -0.25) is 4.57 Å². The Morgan fingerprint density at radius 3 is 0.759 bits per heavy atom. The van der Waals surface area contributed by atoms with Crippen LogP contribution in [0.5, 0.6) is 0 Å². The third-order valence-electron chi connectivity index (χ3n) is 14.5. The van der Waals surface area contributed by atoms with E-state index in [1.165, 1.54) is 0 Å². The minimum Gasteiger partial charge on any atom is -0.278 e. The van der Waals surface area contributed by atoms with Crippen molar-refractivity contribution in [2.45, 2.75) is 0 Å². The molecule has 0 fully saturated rings. The summed E-state index contributed by atoms with van der Waals surface area (Å²) < 4.78 is 2.13. The molecular formula is C72H47N7. The molecule has 0 aliphatic carbocycles. The fourth-order valence-electron chi connectivity index (χ4n) is 10.6. The summed E-state index contributed by atoms with van der Waals surface area (Å²) in [6.45, 7) is 0. The van der Waals surface area contributed by atoms with Gasteiger partial charge in [-0.05, 0) is 99.1 Å². The molecule has 0 aliphatic rings. The van der Waals surface area contributed by atoms with Gasteiger partial charge < -0.3 is 0 Å². The maximum atomic E-state index is 5.49. The second kappa shape index (κ2) is 20.4. The summed E-state index contributed by atoms with van der Waals surface area (Å²) in [5, 5.41) is 2.17. The van der Waals surface area contributed by atoms with Crippen LogP contribution in [0.1, 0.15) is 0 Å². The van der Waals surface area contributed by atoms with Gasteiger partial charge in [0.25, 0.3) is 0 Å². The zero-order valence-corrected chi connectivity index (χ0v) is 42.8. The Kier molecular flexibility index (Phi) is 12.1. The highest BCUT2D eigenvalue weighted by molar-refractivity contribution is 6.09. The van der Waals surface area contributed by atoms with Crippen molar-refractivity contribution in [1.29, 1.82) is 0 Å². The van der Waals surface area contributed by atoms with Crippen LogP contribution in [-0.4, -0.2) is 34.5 Å². The van der Waals surface area contributed by atoms with Crippen LogP contribution in [0.3, 0.4) is 0 Å². The van der Waals surface area contributed by atoms with E-state index in [1.807, 2.05) is 30.3 Å². The molecule has 4 heterocycles. The maximum Gasteiger partial charge on any atom is 0.236 e. The first kappa shape index (κ1) is 46.7. The van der Waals surface area contributed by atoms with Crippen molar-refractivity contribution in [3.05, 3.63) is 285 Å². The molecule has 370 valence electrons. The largest absolute Gasteiger partial charge is 0.278 e. The molecule has 0 N–H and O–H groups in total. The summed E-state index contributed by atoms with van der Waals surface area (Å²) in [6, 6.07) is 98.8. The molecule has 0 bridgehead atoms. The van der Waals surface area contributed by atoms with Gasteiger partial charge in [0.05, 0.1) is 33.8 Å². The second-order valence-corrected chi connectivity index (χ2v) is 19.5. The lowest BCUT2D eigenvalue weighted by atomic mass is 9.99. The van der Waals surface area contributed by atoms with Crippen LogP contribution in [0.4, 0.5) is 0 Å². The third kappa shape index (κ3) is 9.32. The lowest BCUT2D eigenvalue weighted by molar-refractivity contribution is 0.976. The molecule has 79 heavy (non-hydrogen) atoms. The highest BCUT2D eigenvalue weighted by atomic mass is 15.2. The molecule has 0 aliphatic heterocycles. The standard InChI is InChI=1S/C72H47N7/c1-5-21-48(22-6-1)52-29-17-33-56(41-52)62-45-63(57-34-18-30-53(42-57)49-23-7-2-8-24-49)74-70(73-62)66-47-67(78-72(77-66)79-68-39-15-13-37-60(68)61-38-14-16-40-69(61)79)71-75-64(58-35-19-31-54(43-58)50-25-9-3-10-26-50)46-65(76-71)59-36-20-32-55(44-59)51-27-11-4-12-28-51/h1-47H. The van der Waals surface area contributed by atoms with Crippen molar-refractivity contribution in [2.75, 3.05) is 0 Å². The molecule has 10 aromatic carbocycles. The number of nitrogens with zero attached hydrogens (tertiary/aromatic N) is 7. The predicted octanol–water partition coefficient (Wildman–Crippen LogP) is 17.8. The van der Waals surface area contributed by atoms with Gasteiger partial charge in [-0.25, -0.2) is 29.9 Å². The topological polar surface area (TPSA) is 82.3 Å². The number of aromatic nitrogens is 7. The molecule has 0 saturated heterocycles. The average molecular weight is 1010 g/mol. The Morgan fingerprint density at radius 2 is 0.443 bits per heavy atom. The van der Waals surface area contributed by atoms with E-state index >= 15 is 0 Å². The molecule has 7 heteroatoms. The predicted molar refractivity (Wildman–Crippen MR) is 322 cm³/mol. The summed E-state index contributed by atoms with van der Waals surface area (Å²) in [4.78, 5) is 32.8. The van der Waals surface area contributed by atoms with E-state index in [-0.39, 0.29) is 0 Å². The number of hydrogen-bond donors (Lipinski definition) is 0. The van der Waals surface area contributed by atoms with Crippen LogP contribution in [0, 0.1) is 0 Å². The molecule has 0 radical (unpaired) electrons. The zero-order valence-electron chi connectivity index (χ0n) is 42.8. The van der Waals surface area contributed by atoms with E-state index in [2.05, 4.69) is 259 Å². The summed E-state index contributed by atoms with van der Waals surface area (Å²) in [7, 11) is 0. The van der Waals surface area contributed by atoms with Crippen LogP contribution in [0.15, 0.2) is 285 Å². The Labute approximate surface area is 457 Å². The van der Waals surface area contributed by atoms with E-state index in [0.717, 1.165) is 111 Å². The fraction of sp³-hybridized carbons (Fsp3) is 0. The molecule has 4 aromatic heterocycles. The number of hydrogen-bond acceptors (Lipinski definition) is 6. The van der Waals surface area contributed by atoms with Crippen LogP contribution in [0.2, 0.25) is 0 Å². The Hall–Kier alpha value is -10.8. The van der Waals surface area contributed by atoms with Gasteiger partial charge >= 0.3 is 0 Å². The van der Waals surface area contributed by atoms with Crippen molar-refractivity contribution in [3.8, 4) is 119 Å². The molecule has 0 amide bonds. The van der Waals surface area contributed by atoms with Crippen molar-refractivity contribution < 1.29 is 0 Å². The SMILES string of the molecule is c1ccc(-c2cccc(-c3cc(-c4cccc(-c5ccccc5)c4)nc(-c4cc(-c5nc(-c6cccc(-c7ccccc7)c6)cc(-c6cccc(-c7ccccc7)c6)n5)nc(-n5c6ccccc6c6ccccc65)n4)n3)c2)cc1. The Morgan fingerprint density at radius 1 is 0.190 bits per heavy atom. The first-order valence-corrected chi connectivity index (χ1v) is 26.4. The maximum absolute atomic E-state index is 5.49. The normalized spacial score (nSPS) is 11.3. The first-order valence-electron chi connectivity index (χ1n) is 26.4. The Balaban J connectivity index is 1.02.